The molecule has 0 aliphatic rings. The van der Waals surface area contributed by atoms with E-state index in [1.807, 2.05) is 13.8 Å². The molecule has 0 aliphatic carbocycles. The topological polar surface area (TPSA) is 20.2 Å². The predicted octanol–water partition coefficient (Wildman–Crippen LogP) is 2.03. The molecule has 0 aromatic rings. The molecule has 0 aromatic heterocycles. The van der Waals surface area contributed by atoms with Crippen LogP contribution in [-0.2, 0) is 0 Å². The van der Waals surface area contributed by atoms with Gasteiger partial charge in [0.2, 0.25) is 0 Å². The number of unbranched alkanes of at least 4 members (excludes halogenated alkanes) is 1. The fourth-order valence-corrected chi connectivity index (χ4v) is 0.992. The fourth-order valence-electron chi connectivity index (χ4n) is 0.992. The third-order valence-electron chi connectivity index (χ3n) is 2.11. The van der Waals surface area contributed by atoms with Gasteiger partial charge in [0.25, 0.3) is 0 Å². The number of quaternary nitrogens is 1. The molecule has 0 aromatic carbocycles. The van der Waals surface area contributed by atoms with Crippen LogP contribution >= 0.6 is 0 Å². The third kappa shape index (κ3) is 3.18. The van der Waals surface area contributed by atoms with Crippen LogP contribution in [0.5, 0.6) is 0 Å². The van der Waals surface area contributed by atoms with Gasteiger partial charge in [-0.15, -0.1) is 0 Å². The fraction of sp³-hybridized carbons (Fsp3) is 1.00. The van der Waals surface area contributed by atoms with E-state index in [9.17, 15) is 5.21 Å². The molecule has 0 saturated heterocycles. The highest BCUT2D eigenvalue weighted by Gasteiger charge is 2.18. The minimum absolute atomic E-state index is 0.244. The maximum atomic E-state index is 9.70. The van der Waals surface area contributed by atoms with Gasteiger partial charge >= 0.3 is 0 Å². The lowest BCUT2D eigenvalue weighted by Crippen LogP contribution is -2.44. The lowest BCUT2D eigenvalue weighted by atomic mass is 10.3. The van der Waals surface area contributed by atoms with Gasteiger partial charge in [0.1, 0.15) is 19.6 Å². The zero-order valence-electron chi connectivity index (χ0n) is 7.43. The van der Waals surface area contributed by atoms with Crippen molar-refractivity contribution in [1.29, 1.82) is 0 Å². The first-order valence-corrected chi connectivity index (χ1v) is 4.27. The quantitative estimate of drug-likeness (QED) is 0.465. The zero-order valence-corrected chi connectivity index (χ0v) is 7.43. The van der Waals surface area contributed by atoms with Crippen molar-refractivity contribution in [2.75, 3.05) is 19.6 Å². The molecule has 2 heteroatoms. The van der Waals surface area contributed by atoms with Crippen molar-refractivity contribution < 1.29 is 9.85 Å². The van der Waals surface area contributed by atoms with Crippen molar-refractivity contribution >= 4 is 0 Å². The summed E-state index contributed by atoms with van der Waals surface area (Å²) in [6.45, 7) is 8.77. The van der Waals surface area contributed by atoms with Crippen molar-refractivity contribution in [3.63, 3.8) is 0 Å². The van der Waals surface area contributed by atoms with Gasteiger partial charge in [-0.25, -0.2) is 5.21 Å². The summed E-state index contributed by atoms with van der Waals surface area (Å²) in [5, 5.41) is 9.70. The van der Waals surface area contributed by atoms with Crippen LogP contribution in [0.25, 0.3) is 0 Å². The average Bonchev–Trinajstić information content (AvgIpc) is 2.00. The second kappa shape index (κ2) is 4.69. The highest BCUT2D eigenvalue weighted by molar-refractivity contribution is 4.31. The molecule has 10 heavy (non-hydrogen) atoms. The van der Waals surface area contributed by atoms with E-state index in [4.69, 9.17) is 0 Å². The van der Waals surface area contributed by atoms with Gasteiger partial charge in [-0.2, -0.15) is 4.65 Å². The summed E-state index contributed by atoms with van der Waals surface area (Å²) in [6.07, 6.45) is 2.29. The SMILES string of the molecule is CCCC[N+](O)(CC)CC. The summed E-state index contributed by atoms with van der Waals surface area (Å²) in [5.74, 6) is 0. The number of hydrogen-bond donors (Lipinski definition) is 1. The lowest BCUT2D eigenvalue weighted by Gasteiger charge is -2.27. The van der Waals surface area contributed by atoms with Crippen LogP contribution in [0.4, 0.5) is 0 Å². The predicted molar refractivity (Wildman–Crippen MR) is 42.9 cm³/mol. The highest BCUT2D eigenvalue weighted by atomic mass is 16.5. The summed E-state index contributed by atoms with van der Waals surface area (Å²) in [7, 11) is 0. The largest absolute Gasteiger partial charge is 0.217 e. The lowest BCUT2D eigenvalue weighted by molar-refractivity contribution is -1.10. The Morgan fingerprint density at radius 2 is 1.60 bits per heavy atom. The van der Waals surface area contributed by atoms with Crippen LogP contribution < -0.4 is 0 Å². The van der Waals surface area contributed by atoms with E-state index in [-0.39, 0.29) is 4.65 Å². The Hall–Kier alpha value is -0.0800. The Morgan fingerprint density at radius 1 is 1.10 bits per heavy atom. The molecule has 0 heterocycles. The van der Waals surface area contributed by atoms with Crippen molar-refractivity contribution in [2.24, 2.45) is 0 Å². The molecular weight excluding hydrogens is 126 g/mol. The van der Waals surface area contributed by atoms with E-state index < -0.39 is 0 Å². The van der Waals surface area contributed by atoms with E-state index in [2.05, 4.69) is 6.92 Å². The molecule has 0 bridgehead atoms. The Bertz CT molecular complexity index is 79.3. The van der Waals surface area contributed by atoms with Crippen LogP contribution in [0.15, 0.2) is 0 Å². The van der Waals surface area contributed by atoms with Gasteiger partial charge in [-0.05, 0) is 20.3 Å². The first-order chi connectivity index (χ1) is 4.68. The molecule has 0 unspecified atom stereocenters. The van der Waals surface area contributed by atoms with Gasteiger partial charge < -0.3 is 0 Å². The second-order valence-corrected chi connectivity index (χ2v) is 2.80. The smallest absolute Gasteiger partial charge is 0.109 e. The normalized spacial score (nSPS) is 12.0. The van der Waals surface area contributed by atoms with E-state index in [0.29, 0.717) is 0 Å². The minimum atomic E-state index is 0.244. The van der Waals surface area contributed by atoms with E-state index in [1.165, 1.54) is 6.42 Å². The van der Waals surface area contributed by atoms with Crippen molar-refractivity contribution in [2.45, 2.75) is 33.6 Å². The Labute approximate surface area is 64.0 Å². The molecule has 0 amide bonds. The molecule has 0 saturated carbocycles. The van der Waals surface area contributed by atoms with Crippen molar-refractivity contribution in [3.8, 4) is 0 Å². The number of hydroxylamine groups is 3. The summed E-state index contributed by atoms with van der Waals surface area (Å²) < 4.78 is 0.244. The molecule has 0 aliphatic heterocycles. The molecular formula is C8H20NO+. The van der Waals surface area contributed by atoms with Gasteiger partial charge in [-0.1, -0.05) is 13.3 Å². The van der Waals surface area contributed by atoms with E-state index in [1.54, 1.807) is 0 Å². The molecule has 0 spiro atoms. The maximum absolute atomic E-state index is 9.70. The second-order valence-electron chi connectivity index (χ2n) is 2.80. The van der Waals surface area contributed by atoms with Crippen LogP contribution in [-0.4, -0.2) is 29.5 Å². The summed E-state index contributed by atoms with van der Waals surface area (Å²) in [6, 6.07) is 0. The Balaban J connectivity index is 3.58. The highest BCUT2D eigenvalue weighted by Crippen LogP contribution is 2.03. The average molecular weight is 146 g/mol. The molecule has 0 fully saturated rings. The minimum Gasteiger partial charge on any atom is -0.217 e. The summed E-state index contributed by atoms with van der Waals surface area (Å²) >= 11 is 0. The molecule has 0 rings (SSSR count). The molecule has 0 radical (unpaired) electrons. The van der Waals surface area contributed by atoms with Gasteiger partial charge in [0, 0.05) is 0 Å². The van der Waals surface area contributed by atoms with Gasteiger partial charge in [-0.3, -0.25) is 0 Å². The van der Waals surface area contributed by atoms with Crippen LogP contribution in [0.3, 0.4) is 0 Å². The maximum Gasteiger partial charge on any atom is 0.109 e. The number of hydrogen-bond acceptors (Lipinski definition) is 1. The molecule has 1 N–H and O–H groups in total. The van der Waals surface area contributed by atoms with Crippen LogP contribution in [0.1, 0.15) is 33.6 Å². The van der Waals surface area contributed by atoms with Crippen LogP contribution in [0, 0.1) is 0 Å². The molecule has 0 atom stereocenters. The summed E-state index contributed by atoms with van der Waals surface area (Å²) in [4.78, 5) is 0. The van der Waals surface area contributed by atoms with Gasteiger partial charge in [0.15, 0.2) is 0 Å². The summed E-state index contributed by atoms with van der Waals surface area (Å²) in [5.41, 5.74) is 0. The monoisotopic (exact) mass is 146 g/mol. The molecule has 2 nitrogen and oxygen atoms in total. The van der Waals surface area contributed by atoms with Crippen molar-refractivity contribution in [3.05, 3.63) is 0 Å². The first kappa shape index (κ1) is 9.92. The van der Waals surface area contributed by atoms with E-state index >= 15 is 0 Å². The van der Waals surface area contributed by atoms with Gasteiger partial charge in [0.05, 0.1) is 0 Å². The standard InChI is InChI=1S/C8H20NO/c1-4-7-8-9(10,5-2)6-3/h10H,4-8H2,1-3H3/q+1. The first-order valence-electron chi connectivity index (χ1n) is 4.27. The van der Waals surface area contributed by atoms with Crippen molar-refractivity contribution in [1.82, 2.24) is 0 Å². The van der Waals surface area contributed by atoms with Crippen LogP contribution in [0.2, 0.25) is 0 Å². The number of nitrogens with zero attached hydrogens (tertiary/aromatic N) is 1. The van der Waals surface area contributed by atoms with E-state index in [0.717, 1.165) is 26.1 Å². The zero-order chi connectivity index (χ0) is 8.04. The Morgan fingerprint density at radius 3 is 1.90 bits per heavy atom. The third-order valence-corrected chi connectivity index (χ3v) is 2.11. The molecule has 62 valence electrons. The Kier molecular flexibility index (Phi) is 4.65. The number of rotatable bonds is 5.